The molecule has 5 heteroatoms. The summed E-state index contributed by atoms with van der Waals surface area (Å²) in [4.78, 5) is 12.2. The van der Waals surface area contributed by atoms with E-state index in [0.717, 1.165) is 32.1 Å². The summed E-state index contributed by atoms with van der Waals surface area (Å²) in [5.41, 5.74) is 0. The van der Waals surface area contributed by atoms with Gasteiger partial charge in [-0.1, -0.05) is 108 Å². The molecule has 3 unspecified atom stereocenters. The minimum Gasteiger partial charge on any atom is -0.394 e. The van der Waals surface area contributed by atoms with Gasteiger partial charge in [0.2, 0.25) is 5.91 Å². The summed E-state index contributed by atoms with van der Waals surface area (Å²) < 4.78 is 0. The zero-order valence-corrected chi connectivity index (χ0v) is 24.1. The van der Waals surface area contributed by atoms with E-state index in [0.29, 0.717) is 19.3 Å². The summed E-state index contributed by atoms with van der Waals surface area (Å²) in [7, 11) is 0. The van der Waals surface area contributed by atoms with E-state index in [1.54, 1.807) is 0 Å². The summed E-state index contributed by atoms with van der Waals surface area (Å²) in [5.74, 6) is -0.226. The molecular formula is C32H59NO4. The van der Waals surface area contributed by atoms with Crippen molar-refractivity contribution in [3.05, 3.63) is 36.5 Å². The Morgan fingerprint density at radius 1 is 0.676 bits per heavy atom. The number of nitrogens with one attached hydrogen (secondary N) is 1. The van der Waals surface area contributed by atoms with Crippen molar-refractivity contribution in [3.8, 4) is 0 Å². The Kier molecular flexibility index (Phi) is 26.5. The molecule has 1 amide bonds. The Morgan fingerprint density at radius 2 is 1.16 bits per heavy atom. The van der Waals surface area contributed by atoms with Gasteiger partial charge in [0.15, 0.2) is 0 Å². The molecule has 5 nitrogen and oxygen atoms in total. The van der Waals surface area contributed by atoms with Gasteiger partial charge in [0.05, 0.1) is 18.8 Å². The van der Waals surface area contributed by atoms with E-state index in [9.17, 15) is 20.1 Å². The molecule has 37 heavy (non-hydrogen) atoms. The minimum atomic E-state index is -1.18. The fourth-order valence-electron chi connectivity index (χ4n) is 4.27. The first-order chi connectivity index (χ1) is 18.1. The molecule has 0 heterocycles. The lowest BCUT2D eigenvalue weighted by atomic mass is 10.0. The predicted octanol–water partition coefficient (Wildman–Crippen LogP) is 7.31. The molecule has 4 N–H and O–H groups in total. The normalized spacial score (nSPS) is 14.6. The van der Waals surface area contributed by atoms with E-state index in [1.165, 1.54) is 70.6 Å². The monoisotopic (exact) mass is 521 g/mol. The first kappa shape index (κ1) is 35.6. The second kappa shape index (κ2) is 27.6. The first-order valence-corrected chi connectivity index (χ1v) is 15.3. The van der Waals surface area contributed by atoms with Gasteiger partial charge >= 0.3 is 0 Å². The van der Waals surface area contributed by atoms with Crippen LogP contribution in [-0.2, 0) is 4.79 Å². The Bertz CT molecular complexity index is 587. The van der Waals surface area contributed by atoms with Gasteiger partial charge in [-0.05, 0) is 57.8 Å². The Labute approximate surface area is 228 Å². The minimum absolute atomic E-state index is 0.226. The second-order valence-corrected chi connectivity index (χ2v) is 10.3. The van der Waals surface area contributed by atoms with Crippen LogP contribution >= 0.6 is 0 Å². The molecule has 0 aliphatic rings. The topological polar surface area (TPSA) is 89.8 Å². The molecule has 0 saturated carbocycles. The van der Waals surface area contributed by atoms with Crippen LogP contribution in [0.25, 0.3) is 0 Å². The van der Waals surface area contributed by atoms with Gasteiger partial charge in [-0.25, -0.2) is 0 Å². The smallest absolute Gasteiger partial charge is 0.220 e. The van der Waals surface area contributed by atoms with Crippen LogP contribution in [-0.4, -0.2) is 46.1 Å². The molecule has 3 atom stereocenters. The lowest BCUT2D eigenvalue weighted by Crippen LogP contribution is -2.50. The summed E-state index contributed by atoms with van der Waals surface area (Å²) >= 11 is 0. The van der Waals surface area contributed by atoms with Crippen LogP contribution in [0.15, 0.2) is 36.5 Å². The molecule has 0 rings (SSSR count). The number of carbonyl (C=O) groups excluding carboxylic acids is 1. The van der Waals surface area contributed by atoms with Gasteiger partial charge in [-0.3, -0.25) is 4.79 Å². The number of unbranched alkanes of at least 4 members (excludes halogenated alkanes) is 12. The van der Waals surface area contributed by atoms with E-state index in [1.807, 2.05) is 6.08 Å². The highest BCUT2D eigenvalue weighted by Crippen LogP contribution is 2.11. The Hall–Kier alpha value is -1.43. The molecule has 0 aliphatic carbocycles. The molecule has 0 aromatic rings. The number of hydrogen-bond donors (Lipinski definition) is 4. The maximum Gasteiger partial charge on any atom is 0.220 e. The highest BCUT2D eigenvalue weighted by Gasteiger charge is 2.26. The number of hydrogen-bond acceptors (Lipinski definition) is 4. The van der Waals surface area contributed by atoms with Crippen molar-refractivity contribution in [3.63, 3.8) is 0 Å². The molecule has 0 aromatic heterocycles. The van der Waals surface area contributed by atoms with Crippen LogP contribution in [0.2, 0.25) is 0 Å². The van der Waals surface area contributed by atoms with Gasteiger partial charge in [0.1, 0.15) is 6.10 Å². The molecule has 216 valence electrons. The number of aliphatic hydroxyl groups is 3. The number of carbonyl (C=O) groups is 1. The van der Waals surface area contributed by atoms with Gasteiger partial charge in [0.25, 0.3) is 0 Å². The van der Waals surface area contributed by atoms with Crippen molar-refractivity contribution in [2.75, 3.05) is 6.61 Å². The average Bonchev–Trinajstić information content (AvgIpc) is 2.90. The van der Waals surface area contributed by atoms with Crippen LogP contribution in [0.3, 0.4) is 0 Å². The van der Waals surface area contributed by atoms with Crippen molar-refractivity contribution in [1.29, 1.82) is 0 Å². The average molecular weight is 522 g/mol. The number of rotatable bonds is 26. The lowest BCUT2D eigenvalue weighted by molar-refractivity contribution is -0.124. The van der Waals surface area contributed by atoms with Gasteiger partial charge < -0.3 is 20.6 Å². The molecule has 0 saturated heterocycles. The number of allylic oxidation sites excluding steroid dienone is 6. The quantitative estimate of drug-likeness (QED) is 0.0710. The highest BCUT2D eigenvalue weighted by atomic mass is 16.3. The third kappa shape index (κ3) is 23.4. The summed E-state index contributed by atoms with van der Waals surface area (Å²) in [6, 6.07) is -0.852. The van der Waals surface area contributed by atoms with Crippen molar-refractivity contribution < 1.29 is 20.1 Å². The third-order valence-electron chi connectivity index (χ3n) is 6.73. The molecule has 0 fully saturated rings. The van der Waals surface area contributed by atoms with E-state index in [-0.39, 0.29) is 5.91 Å². The molecule has 0 aromatic carbocycles. The van der Waals surface area contributed by atoms with E-state index < -0.39 is 24.9 Å². The second-order valence-electron chi connectivity index (χ2n) is 10.3. The maximum absolute atomic E-state index is 12.2. The van der Waals surface area contributed by atoms with Crippen molar-refractivity contribution in [2.45, 2.75) is 154 Å². The van der Waals surface area contributed by atoms with Gasteiger partial charge in [-0.15, -0.1) is 0 Å². The Morgan fingerprint density at radius 3 is 1.73 bits per heavy atom. The third-order valence-corrected chi connectivity index (χ3v) is 6.73. The van der Waals surface area contributed by atoms with Gasteiger partial charge in [-0.2, -0.15) is 0 Å². The summed E-state index contributed by atoms with van der Waals surface area (Å²) in [5, 5.41) is 33.0. The zero-order chi connectivity index (χ0) is 27.4. The highest BCUT2D eigenvalue weighted by molar-refractivity contribution is 5.76. The predicted molar refractivity (Wildman–Crippen MR) is 158 cm³/mol. The van der Waals surface area contributed by atoms with Crippen LogP contribution in [0.4, 0.5) is 0 Å². The van der Waals surface area contributed by atoms with Crippen LogP contribution in [0.1, 0.15) is 136 Å². The SMILES string of the molecule is CCCCCCC/C=C/CCCC(O)C(O)C(CO)NC(=O)CC/C=C\C/C=C\CCCCCCCC. The number of aliphatic hydroxyl groups excluding tert-OH is 3. The van der Waals surface area contributed by atoms with Gasteiger partial charge in [0, 0.05) is 6.42 Å². The van der Waals surface area contributed by atoms with E-state index in [2.05, 4.69) is 49.5 Å². The van der Waals surface area contributed by atoms with Crippen LogP contribution < -0.4 is 5.32 Å². The summed E-state index contributed by atoms with van der Waals surface area (Å²) in [6.07, 6.45) is 31.0. The fraction of sp³-hybridized carbons (Fsp3) is 0.781. The lowest BCUT2D eigenvalue weighted by Gasteiger charge is -2.26. The first-order valence-electron chi connectivity index (χ1n) is 15.3. The molecule has 0 spiro atoms. The van der Waals surface area contributed by atoms with E-state index >= 15 is 0 Å². The maximum atomic E-state index is 12.2. The summed E-state index contributed by atoms with van der Waals surface area (Å²) in [6.45, 7) is 4.06. The standard InChI is InChI=1S/C32H59NO4/c1-3-5-7-9-11-13-15-16-17-19-21-23-25-27-31(36)33-29(28-34)32(37)30(35)26-24-22-20-18-14-12-10-8-6-4-2/h16-18,20-21,23,29-30,32,34-35,37H,3-15,19,22,24-28H2,1-2H3,(H,33,36)/b17-16-,20-18+,23-21-. The van der Waals surface area contributed by atoms with Crippen molar-refractivity contribution >= 4 is 5.91 Å². The van der Waals surface area contributed by atoms with E-state index in [4.69, 9.17) is 0 Å². The number of amides is 1. The zero-order valence-electron chi connectivity index (χ0n) is 24.1. The molecule has 0 bridgehead atoms. The molecule has 0 aliphatic heterocycles. The van der Waals surface area contributed by atoms with Crippen molar-refractivity contribution in [1.82, 2.24) is 5.32 Å². The van der Waals surface area contributed by atoms with Crippen LogP contribution in [0, 0.1) is 0 Å². The van der Waals surface area contributed by atoms with Crippen molar-refractivity contribution in [2.24, 2.45) is 0 Å². The van der Waals surface area contributed by atoms with Crippen LogP contribution in [0.5, 0.6) is 0 Å². The molecular weight excluding hydrogens is 462 g/mol. The molecule has 0 radical (unpaired) electrons. The Balaban J connectivity index is 3.93. The largest absolute Gasteiger partial charge is 0.394 e. The fourth-order valence-corrected chi connectivity index (χ4v) is 4.27.